The third-order valence-electron chi connectivity index (χ3n) is 6.71. The molecule has 0 spiro atoms. The Kier molecular flexibility index (Phi) is 7.64. The smallest absolute Gasteiger partial charge is 0.123 e. The average molecular weight is 458 g/mol. The summed E-state index contributed by atoms with van der Waals surface area (Å²) >= 11 is 5.97. The van der Waals surface area contributed by atoms with Gasteiger partial charge in [0, 0.05) is 11.6 Å². The molecule has 0 aliphatic carbocycles. The summed E-state index contributed by atoms with van der Waals surface area (Å²) in [5, 5.41) is 22.3. The number of hydrogen-bond donors (Lipinski definition) is 2. The summed E-state index contributed by atoms with van der Waals surface area (Å²) in [7, 11) is 0. The lowest BCUT2D eigenvalue weighted by atomic mass is 9.78. The third-order valence-corrected chi connectivity index (χ3v) is 6.96. The lowest BCUT2D eigenvalue weighted by Crippen LogP contribution is -2.34. The van der Waals surface area contributed by atoms with Crippen LogP contribution in [0.3, 0.4) is 0 Å². The molecule has 0 radical (unpaired) electrons. The summed E-state index contributed by atoms with van der Waals surface area (Å²) < 4.78 is 0. The Bertz CT molecular complexity index is 866. The van der Waals surface area contributed by atoms with Crippen LogP contribution in [-0.2, 0) is 17.4 Å². The Morgan fingerprint density at radius 2 is 1.44 bits per heavy atom. The van der Waals surface area contributed by atoms with Gasteiger partial charge in [-0.05, 0) is 83.5 Å². The molecule has 176 valence electrons. The minimum Gasteiger partial charge on any atom is -0.507 e. The Hall–Kier alpha value is -1.55. The SMILES string of the molecule is CC(C)(C)c1cc(CN2CCC(CC(O)c3ccc(Cl)cc3)CC2)cc(C(C)(C)C)c1O. The van der Waals surface area contributed by atoms with Crippen LogP contribution in [-0.4, -0.2) is 28.2 Å². The first-order valence-corrected chi connectivity index (χ1v) is 12.2. The second-order valence-electron chi connectivity index (χ2n) is 11.6. The van der Waals surface area contributed by atoms with Crippen molar-refractivity contribution in [2.75, 3.05) is 13.1 Å². The quantitative estimate of drug-likeness (QED) is 0.509. The maximum absolute atomic E-state index is 11.0. The highest BCUT2D eigenvalue weighted by Gasteiger charge is 2.28. The van der Waals surface area contributed by atoms with Crippen molar-refractivity contribution >= 4 is 11.6 Å². The zero-order valence-electron chi connectivity index (χ0n) is 20.6. The first-order chi connectivity index (χ1) is 14.8. The highest BCUT2D eigenvalue weighted by Crippen LogP contribution is 2.40. The van der Waals surface area contributed by atoms with Gasteiger partial charge in [0.15, 0.2) is 0 Å². The van der Waals surface area contributed by atoms with Crippen LogP contribution in [0.2, 0.25) is 5.02 Å². The molecular weight excluding hydrogens is 418 g/mol. The number of phenolic OH excluding ortho intramolecular Hbond substituents is 1. The summed E-state index contributed by atoms with van der Waals surface area (Å²) in [5.41, 5.74) is 4.07. The van der Waals surface area contributed by atoms with Gasteiger partial charge < -0.3 is 10.2 Å². The molecule has 1 unspecified atom stereocenters. The molecule has 3 rings (SSSR count). The number of piperidine rings is 1. The molecule has 0 aromatic heterocycles. The van der Waals surface area contributed by atoms with Crippen molar-refractivity contribution in [2.45, 2.75) is 84.3 Å². The van der Waals surface area contributed by atoms with Crippen LogP contribution in [0.1, 0.15) is 89.2 Å². The number of hydrogen-bond acceptors (Lipinski definition) is 3. The molecule has 2 aromatic carbocycles. The maximum atomic E-state index is 11.0. The van der Waals surface area contributed by atoms with Gasteiger partial charge in [0.2, 0.25) is 0 Å². The molecule has 32 heavy (non-hydrogen) atoms. The van der Waals surface area contributed by atoms with E-state index in [-0.39, 0.29) is 10.8 Å². The van der Waals surface area contributed by atoms with E-state index in [0.717, 1.165) is 55.6 Å². The van der Waals surface area contributed by atoms with E-state index in [2.05, 4.69) is 58.6 Å². The largest absolute Gasteiger partial charge is 0.507 e. The lowest BCUT2D eigenvalue weighted by molar-refractivity contribution is 0.106. The van der Waals surface area contributed by atoms with Crippen LogP contribution >= 0.6 is 11.6 Å². The Labute approximate surface area is 199 Å². The van der Waals surface area contributed by atoms with Gasteiger partial charge in [-0.15, -0.1) is 0 Å². The number of aliphatic hydroxyl groups is 1. The van der Waals surface area contributed by atoms with E-state index >= 15 is 0 Å². The molecule has 0 saturated carbocycles. The van der Waals surface area contributed by atoms with E-state index in [1.54, 1.807) is 0 Å². The van der Waals surface area contributed by atoms with Gasteiger partial charge in [0.05, 0.1) is 6.10 Å². The molecule has 1 aliphatic rings. The number of phenols is 1. The molecule has 2 N–H and O–H groups in total. The lowest BCUT2D eigenvalue weighted by Gasteiger charge is -2.34. The van der Waals surface area contributed by atoms with E-state index in [1.165, 1.54) is 5.56 Å². The molecule has 3 nitrogen and oxygen atoms in total. The fraction of sp³-hybridized carbons (Fsp3) is 0.571. The third kappa shape index (κ3) is 6.27. The zero-order chi connectivity index (χ0) is 23.7. The monoisotopic (exact) mass is 457 g/mol. The number of aromatic hydroxyl groups is 1. The minimum absolute atomic E-state index is 0.106. The van der Waals surface area contributed by atoms with Gasteiger partial charge in [-0.3, -0.25) is 4.90 Å². The van der Waals surface area contributed by atoms with Gasteiger partial charge in [-0.1, -0.05) is 77.4 Å². The number of benzene rings is 2. The summed E-state index contributed by atoms with van der Waals surface area (Å²) in [5.74, 6) is 0.982. The summed E-state index contributed by atoms with van der Waals surface area (Å²) in [6.45, 7) is 15.9. The molecule has 1 aliphatic heterocycles. The topological polar surface area (TPSA) is 43.7 Å². The fourth-order valence-electron chi connectivity index (χ4n) is 4.70. The van der Waals surface area contributed by atoms with Crippen molar-refractivity contribution in [1.82, 2.24) is 4.90 Å². The molecule has 1 atom stereocenters. The Morgan fingerprint density at radius 3 is 1.91 bits per heavy atom. The second kappa shape index (κ2) is 9.75. The van der Waals surface area contributed by atoms with Crippen molar-refractivity contribution in [3.8, 4) is 5.75 Å². The summed E-state index contributed by atoms with van der Waals surface area (Å²) in [6.07, 6.45) is 2.57. The van der Waals surface area contributed by atoms with E-state index in [1.807, 2.05) is 24.3 Å². The van der Waals surface area contributed by atoms with Crippen molar-refractivity contribution < 1.29 is 10.2 Å². The number of halogens is 1. The van der Waals surface area contributed by atoms with Crippen LogP contribution in [0.4, 0.5) is 0 Å². The van der Waals surface area contributed by atoms with Crippen LogP contribution in [0.15, 0.2) is 36.4 Å². The Balaban J connectivity index is 1.65. The van der Waals surface area contributed by atoms with Crippen LogP contribution in [0.5, 0.6) is 5.75 Å². The molecule has 1 saturated heterocycles. The average Bonchev–Trinajstić information content (AvgIpc) is 2.69. The molecular formula is C28H40ClNO2. The van der Waals surface area contributed by atoms with Gasteiger partial charge in [-0.2, -0.15) is 0 Å². The standard InChI is InChI=1S/C28H40ClNO2/c1-27(2,3)23-15-20(16-24(26(23)32)28(4,5)6)18-30-13-11-19(12-14-30)17-25(31)21-7-9-22(29)10-8-21/h7-10,15-16,19,25,31-32H,11-14,17-18H2,1-6H3. The highest BCUT2D eigenvalue weighted by atomic mass is 35.5. The van der Waals surface area contributed by atoms with E-state index in [4.69, 9.17) is 11.6 Å². The van der Waals surface area contributed by atoms with Crippen molar-refractivity contribution in [3.63, 3.8) is 0 Å². The molecule has 2 aromatic rings. The Morgan fingerprint density at radius 1 is 0.938 bits per heavy atom. The maximum Gasteiger partial charge on any atom is 0.123 e. The first kappa shape index (κ1) is 25.1. The van der Waals surface area contributed by atoms with Crippen LogP contribution < -0.4 is 0 Å². The first-order valence-electron chi connectivity index (χ1n) is 11.9. The zero-order valence-corrected chi connectivity index (χ0v) is 21.3. The molecule has 0 bridgehead atoms. The van der Waals surface area contributed by atoms with Crippen molar-refractivity contribution in [1.29, 1.82) is 0 Å². The molecule has 1 heterocycles. The van der Waals surface area contributed by atoms with Gasteiger partial charge in [0.1, 0.15) is 5.75 Å². The summed E-state index contributed by atoms with van der Waals surface area (Å²) in [4.78, 5) is 2.51. The summed E-state index contributed by atoms with van der Waals surface area (Å²) in [6, 6.07) is 11.9. The second-order valence-corrected chi connectivity index (χ2v) is 12.0. The predicted octanol–water partition coefficient (Wildman–Crippen LogP) is 6.98. The molecule has 0 amide bonds. The fourth-order valence-corrected chi connectivity index (χ4v) is 4.83. The van der Waals surface area contributed by atoms with E-state index < -0.39 is 6.10 Å². The van der Waals surface area contributed by atoms with Gasteiger partial charge in [0.25, 0.3) is 0 Å². The van der Waals surface area contributed by atoms with E-state index in [0.29, 0.717) is 16.7 Å². The number of nitrogens with zero attached hydrogens (tertiary/aromatic N) is 1. The number of likely N-dealkylation sites (tertiary alicyclic amines) is 1. The van der Waals surface area contributed by atoms with Crippen LogP contribution in [0, 0.1) is 5.92 Å². The van der Waals surface area contributed by atoms with Gasteiger partial charge >= 0.3 is 0 Å². The predicted molar refractivity (Wildman–Crippen MR) is 135 cm³/mol. The number of rotatable bonds is 5. The van der Waals surface area contributed by atoms with Gasteiger partial charge in [-0.25, -0.2) is 0 Å². The normalized spacial score (nSPS) is 17.5. The minimum atomic E-state index is -0.426. The highest BCUT2D eigenvalue weighted by molar-refractivity contribution is 6.30. The van der Waals surface area contributed by atoms with Crippen molar-refractivity contribution in [3.05, 3.63) is 63.7 Å². The van der Waals surface area contributed by atoms with E-state index in [9.17, 15) is 10.2 Å². The number of aliphatic hydroxyl groups excluding tert-OH is 1. The molecule has 4 heteroatoms. The molecule has 1 fully saturated rings. The van der Waals surface area contributed by atoms with Crippen LogP contribution in [0.25, 0.3) is 0 Å². The van der Waals surface area contributed by atoms with Crippen molar-refractivity contribution in [2.24, 2.45) is 5.92 Å².